The van der Waals surface area contributed by atoms with Crippen molar-refractivity contribution in [2.75, 3.05) is 0 Å². The van der Waals surface area contributed by atoms with Gasteiger partial charge >= 0.3 is 0 Å². The first-order chi connectivity index (χ1) is 10.0. The minimum Gasteiger partial charge on any atom is -0.439 e. The highest BCUT2D eigenvalue weighted by Gasteiger charge is 2.27. The molecule has 1 saturated carbocycles. The number of nitro groups is 1. The number of hydrogen-bond acceptors (Lipinski definition) is 5. The third-order valence-corrected chi connectivity index (χ3v) is 3.62. The van der Waals surface area contributed by atoms with Crippen LogP contribution in [0.2, 0.25) is 0 Å². The van der Waals surface area contributed by atoms with Crippen molar-refractivity contribution in [3.05, 3.63) is 50.4 Å². The molecule has 1 fully saturated rings. The molecule has 3 rings (SSSR count). The van der Waals surface area contributed by atoms with Gasteiger partial charge in [0.05, 0.1) is 4.92 Å². The van der Waals surface area contributed by atoms with Crippen molar-refractivity contribution in [3.63, 3.8) is 0 Å². The minimum absolute atomic E-state index is 0.0740. The monoisotopic (exact) mass is 349 g/mol. The van der Waals surface area contributed by atoms with E-state index in [0.29, 0.717) is 27.7 Å². The fraction of sp³-hybridized carbons (Fsp3) is 0.286. The molecule has 0 aliphatic heterocycles. The van der Waals surface area contributed by atoms with Crippen molar-refractivity contribution in [1.29, 1.82) is 0 Å². The smallest absolute Gasteiger partial charge is 0.272 e. The molecule has 0 radical (unpaired) electrons. The number of aryl methyl sites for hydroxylation is 1. The van der Waals surface area contributed by atoms with Crippen molar-refractivity contribution in [2.45, 2.75) is 25.7 Å². The SMILES string of the molecule is Cc1cc(Oc2cc(Br)nc(C3CC3)n2)ccc1[N+](=O)[O-]. The van der Waals surface area contributed by atoms with Crippen LogP contribution in [-0.4, -0.2) is 14.9 Å². The lowest BCUT2D eigenvalue weighted by Crippen LogP contribution is -1.97. The highest BCUT2D eigenvalue weighted by atomic mass is 79.9. The lowest BCUT2D eigenvalue weighted by atomic mass is 10.2. The van der Waals surface area contributed by atoms with E-state index in [4.69, 9.17) is 4.74 Å². The Kier molecular flexibility index (Phi) is 3.59. The Balaban J connectivity index is 1.86. The van der Waals surface area contributed by atoms with Gasteiger partial charge in [0.2, 0.25) is 5.88 Å². The number of aromatic nitrogens is 2. The number of hydrogen-bond donors (Lipinski definition) is 0. The Hall–Kier alpha value is -2.02. The van der Waals surface area contributed by atoms with E-state index in [1.165, 1.54) is 6.07 Å². The zero-order valence-electron chi connectivity index (χ0n) is 11.2. The van der Waals surface area contributed by atoms with Crippen molar-refractivity contribution in [3.8, 4) is 11.6 Å². The molecule has 0 amide bonds. The molecule has 108 valence electrons. The summed E-state index contributed by atoms with van der Waals surface area (Å²) in [5.74, 6) is 2.15. The van der Waals surface area contributed by atoms with Crippen LogP contribution in [0.4, 0.5) is 5.69 Å². The van der Waals surface area contributed by atoms with Gasteiger partial charge in [-0.2, -0.15) is 4.98 Å². The van der Waals surface area contributed by atoms with Crippen molar-refractivity contribution in [2.24, 2.45) is 0 Å². The normalized spacial score (nSPS) is 14.0. The Morgan fingerprint density at radius 1 is 1.33 bits per heavy atom. The minimum atomic E-state index is -0.411. The van der Waals surface area contributed by atoms with Crippen molar-refractivity contribution >= 4 is 21.6 Å². The number of halogens is 1. The largest absolute Gasteiger partial charge is 0.439 e. The molecular formula is C14H12BrN3O3. The molecule has 1 aliphatic rings. The summed E-state index contributed by atoms with van der Waals surface area (Å²) in [6.07, 6.45) is 2.21. The standard InChI is InChI=1S/C14H12BrN3O3/c1-8-6-10(4-5-11(8)18(19)20)21-13-7-12(15)16-14(17-13)9-2-3-9/h4-7,9H,2-3H2,1H3. The zero-order chi connectivity index (χ0) is 15.0. The molecule has 0 spiro atoms. The molecule has 1 aromatic carbocycles. The number of ether oxygens (including phenoxy) is 1. The topological polar surface area (TPSA) is 78.2 Å². The first-order valence-corrected chi connectivity index (χ1v) is 7.29. The summed E-state index contributed by atoms with van der Waals surface area (Å²) in [4.78, 5) is 19.1. The summed E-state index contributed by atoms with van der Waals surface area (Å²) < 4.78 is 6.36. The molecule has 0 atom stereocenters. The second-order valence-corrected chi connectivity index (χ2v) is 5.78. The zero-order valence-corrected chi connectivity index (χ0v) is 12.8. The van der Waals surface area contributed by atoms with E-state index >= 15 is 0 Å². The lowest BCUT2D eigenvalue weighted by Gasteiger charge is -2.07. The first kappa shape index (κ1) is 13.9. The number of nitrogens with zero attached hydrogens (tertiary/aromatic N) is 3. The maximum Gasteiger partial charge on any atom is 0.272 e. The van der Waals surface area contributed by atoms with Crippen molar-refractivity contribution < 1.29 is 9.66 Å². The van der Waals surface area contributed by atoms with Crippen LogP contribution in [0, 0.1) is 17.0 Å². The third kappa shape index (κ3) is 3.18. The highest BCUT2D eigenvalue weighted by molar-refractivity contribution is 9.10. The lowest BCUT2D eigenvalue weighted by molar-refractivity contribution is -0.385. The number of benzene rings is 1. The fourth-order valence-corrected chi connectivity index (χ4v) is 2.38. The van der Waals surface area contributed by atoms with E-state index in [2.05, 4.69) is 25.9 Å². The average molecular weight is 350 g/mol. The number of nitro benzene ring substituents is 1. The van der Waals surface area contributed by atoms with Gasteiger partial charge in [0.1, 0.15) is 16.2 Å². The van der Waals surface area contributed by atoms with Crippen LogP contribution >= 0.6 is 15.9 Å². The molecule has 0 unspecified atom stereocenters. The van der Waals surface area contributed by atoms with E-state index in [9.17, 15) is 10.1 Å². The Labute approximate surface area is 129 Å². The summed E-state index contributed by atoms with van der Waals surface area (Å²) in [7, 11) is 0. The average Bonchev–Trinajstić information content (AvgIpc) is 3.21. The fourth-order valence-electron chi connectivity index (χ4n) is 2.01. The Morgan fingerprint density at radius 2 is 2.10 bits per heavy atom. The summed E-state index contributed by atoms with van der Waals surface area (Å²) in [5.41, 5.74) is 0.623. The van der Waals surface area contributed by atoms with Crippen LogP contribution in [-0.2, 0) is 0 Å². The van der Waals surface area contributed by atoms with E-state index in [-0.39, 0.29) is 5.69 Å². The van der Waals surface area contributed by atoms with Crippen LogP contribution in [0.25, 0.3) is 0 Å². The summed E-state index contributed by atoms with van der Waals surface area (Å²) in [5, 5.41) is 10.8. The molecular weight excluding hydrogens is 338 g/mol. The van der Waals surface area contributed by atoms with Gasteiger partial charge in [-0.3, -0.25) is 10.1 Å². The maximum absolute atomic E-state index is 10.8. The van der Waals surface area contributed by atoms with E-state index in [0.717, 1.165) is 18.7 Å². The van der Waals surface area contributed by atoms with E-state index in [1.54, 1.807) is 25.1 Å². The van der Waals surface area contributed by atoms with Crippen LogP contribution in [0.5, 0.6) is 11.6 Å². The molecule has 6 nitrogen and oxygen atoms in total. The molecule has 0 saturated heterocycles. The summed E-state index contributed by atoms with van der Waals surface area (Å²) >= 11 is 3.35. The van der Waals surface area contributed by atoms with Crippen molar-refractivity contribution in [1.82, 2.24) is 9.97 Å². The van der Waals surface area contributed by atoms with Gasteiger partial charge in [0.25, 0.3) is 5.69 Å². The first-order valence-electron chi connectivity index (χ1n) is 6.50. The Morgan fingerprint density at radius 3 is 2.71 bits per heavy atom. The van der Waals surface area contributed by atoms with Gasteiger partial charge in [0.15, 0.2) is 0 Å². The van der Waals surface area contributed by atoms with Crippen LogP contribution < -0.4 is 4.74 Å². The van der Waals surface area contributed by atoms with Gasteiger partial charge in [0, 0.05) is 23.6 Å². The van der Waals surface area contributed by atoms with Crippen LogP contribution in [0.15, 0.2) is 28.9 Å². The number of rotatable bonds is 4. The molecule has 7 heteroatoms. The van der Waals surface area contributed by atoms with Gasteiger partial charge in [-0.05, 0) is 47.8 Å². The second-order valence-electron chi connectivity index (χ2n) is 4.97. The molecule has 2 aromatic rings. The predicted molar refractivity (Wildman–Crippen MR) is 79.6 cm³/mol. The van der Waals surface area contributed by atoms with Crippen LogP contribution in [0.3, 0.4) is 0 Å². The maximum atomic E-state index is 10.8. The van der Waals surface area contributed by atoms with Crippen LogP contribution in [0.1, 0.15) is 30.1 Å². The van der Waals surface area contributed by atoms with Gasteiger partial charge in [-0.25, -0.2) is 4.98 Å². The highest BCUT2D eigenvalue weighted by Crippen LogP contribution is 2.39. The Bertz CT molecular complexity index is 717. The van der Waals surface area contributed by atoms with E-state index < -0.39 is 4.92 Å². The second kappa shape index (κ2) is 5.40. The molecule has 1 heterocycles. The van der Waals surface area contributed by atoms with Gasteiger partial charge in [-0.1, -0.05) is 0 Å². The predicted octanol–water partition coefficient (Wildman–Crippen LogP) is 4.13. The molecule has 0 N–H and O–H groups in total. The summed E-state index contributed by atoms with van der Waals surface area (Å²) in [6.45, 7) is 1.68. The molecule has 0 bridgehead atoms. The third-order valence-electron chi connectivity index (χ3n) is 3.22. The van der Waals surface area contributed by atoms with E-state index in [1.807, 2.05) is 0 Å². The molecule has 1 aromatic heterocycles. The molecule has 21 heavy (non-hydrogen) atoms. The van der Waals surface area contributed by atoms with Gasteiger partial charge < -0.3 is 4.74 Å². The summed E-state index contributed by atoms with van der Waals surface area (Å²) in [6, 6.07) is 6.31. The quantitative estimate of drug-likeness (QED) is 0.471. The molecule has 1 aliphatic carbocycles. The van der Waals surface area contributed by atoms with Gasteiger partial charge in [-0.15, -0.1) is 0 Å².